The first-order valence-corrected chi connectivity index (χ1v) is 7.33. The Hall–Kier alpha value is -1.38. The lowest BCUT2D eigenvalue weighted by Gasteiger charge is -2.24. The van der Waals surface area contributed by atoms with Crippen LogP contribution in [0.5, 0.6) is 5.75 Å². The van der Waals surface area contributed by atoms with Crippen LogP contribution in [0.15, 0.2) is 18.2 Å². The minimum Gasteiger partial charge on any atom is -0.489 e. The largest absolute Gasteiger partial charge is 0.489 e. The molecule has 106 valence electrons. The normalized spacial score (nSPS) is 16.0. The second-order valence-electron chi connectivity index (χ2n) is 5.92. The molecular formula is C16H26N2O. The summed E-state index contributed by atoms with van der Waals surface area (Å²) in [4.78, 5) is 2.32. The van der Waals surface area contributed by atoms with Gasteiger partial charge >= 0.3 is 0 Å². The highest BCUT2D eigenvalue weighted by Gasteiger charge is 2.17. The lowest BCUT2D eigenvalue weighted by Crippen LogP contribution is -2.24. The first-order chi connectivity index (χ1) is 9.06. The molecule has 1 aromatic rings. The zero-order valence-electron chi connectivity index (χ0n) is 12.4. The van der Waals surface area contributed by atoms with Crippen LogP contribution >= 0.6 is 0 Å². The SMILES string of the molecule is CC(C)Oc1cc(N(C)CC2CCCC2)ccc1N. The third-order valence-electron chi connectivity index (χ3n) is 3.81. The number of rotatable bonds is 5. The fraction of sp³-hybridized carbons (Fsp3) is 0.625. The van der Waals surface area contributed by atoms with Crippen molar-refractivity contribution >= 4 is 11.4 Å². The second kappa shape index (κ2) is 6.18. The molecule has 0 unspecified atom stereocenters. The van der Waals surface area contributed by atoms with Crippen molar-refractivity contribution in [2.75, 3.05) is 24.2 Å². The summed E-state index contributed by atoms with van der Waals surface area (Å²) in [5, 5.41) is 0. The Bertz CT molecular complexity index is 411. The average Bonchev–Trinajstić information content (AvgIpc) is 2.84. The number of nitrogens with zero attached hydrogens (tertiary/aromatic N) is 1. The van der Waals surface area contributed by atoms with Gasteiger partial charge in [-0.1, -0.05) is 12.8 Å². The van der Waals surface area contributed by atoms with Gasteiger partial charge in [0.05, 0.1) is 11.8 Å². The van der Waals surface area contributed by atoms with Crippen LogP contribution in [0.2, 0.25) is 0 Å². The molecule has 1 aliphatic rings. The van der Waals surface area contributed by atoms with Gasteiger partial charge in [-0.25, -0.2) is 0 Å². The Labute approximate surface area is 116 Å². The fourth-order valence-corrected chi connectivity index (χ4v) is 2.80. The van der Waals surface area contributed by atoms with E-state index in [4.69, 9.17) is 10.5 Å². The molecule has 0 aliphatic heterocycles. The van der Waals surface area contributed by atoms with E-state index in [0.717, 1.165) is 18.2 Å². The Morgan fingerprint density at radius 3 is 2.63 bits per heavy atom. The molecule has 0 amide bonds. The maximum Gasteiger partial charge on any atom is 0.144 e. The van der Waals surface area contributed by atoms with Crippen LogP contribution < -0.4 is 15.4 Å². The maximum atomic E-state index is 5.96. The summed E-state index contributed by atoms with van der Waals surface area (Å²) < 4.78 is 5.75. The summed E-state index contributed by atoms with van der Waals surface area (Å²) in [6.07, 6.45) is 5.67. The van der Waals surface area contributed by atoms with E-state index >= 15 is 0 Å². The molecule has 0 radical (unpaired) electrons. The lowest BCUT2D eigenvalue weighted by molar-refractivity contribution is 0.244. The number of nitrogen functional groups attached to an aromatic ring is 1. The molecule has 0 heterocycles. The zero-order chi connectivity index (χ0) is 13.8. The van der Waals surface area contributed by atoms with Crippen molar-refractivity contribution in [3.8, 4) is 5.75 Å². The molecule has 2 N–H and O–H groups in total. The van der Waals surface area contributed by atoms with E-state index in [1.54, 1.807) is 0 Å². The van der Waals surface area contributed by atoms with Crippen LogP contribution in [0, 0.1) is 5.92 Å². The predicted molar refractivity (Wildman–Crippen MR) is 81.8 cm³/mol. The van der Waals surface area contributed by atoms with Crippen LogP contribution in [0.25, 0.3) is 0 Å². The summed E-state index contributed by atoms with van der Waals surface area (Å²) in [5.74, 6) is 1.64. The molecule has 19 heavy (non-hydrogen) atoms. The van der Waals surface area contributed by atoms with Crippen molar-refractivity contribution in [1.29, 1.82) is 0 Å². The van der Waals surface area contributed by atoms with Crippen molar-refractivity contribution < 1.29 is 4.74 Å². The van der Waals surface area contributed by atoms with Gasteiger partial charge in [0.25, 0.3) is 0 Å². The highest BCUT2D eigenvalue weighted by molar-refractivity contribution is 5.62. The molecule has 1 aromatic carbocycles. The smallest absolute Gasteiger partial charge is 0.144 e. The topological polar surface area (TPSA) is 38.5 Å². The molecule has 1 fully saturated rings. The number of hydrogen-bond donors (Lipinski definition) is 1. The molecule has 2 rings (SSSR count). The van der Waals surface area contributed by atoms with E-state index in [0.29, 0.717) is 5.69 Å². The highest BCUT2D eigenvalue weighted by Crippen LogP contribution is 2.31. The van der Waals surface area contributed by atoms with Gasteiger partial charge in [0.2, 0.25) is 0 Å². The lowest BCUT2D eigenvalue weighted by atomic mass is 10.1. The minimum atomic E-state index is 0.151. The Kier molecular flexibility index (Phi) is 4.56. The molecule has 3 nitrogen and oxygen atoms in total. The molecule has 0 atom stereocenters. The molecular weight excluding hydrogens is 236 g/mol. The number of nitrogens with two attached hydrogens (primary N) is 1. The summed E-state index contributed by atoms with van der Waals surface area (Å²) in [5.41, 5.74) is 7.86. The summed E-state index contributed by atoms with van der Waals surface area (Å²) in [6, 6.07) is 6.08. The quantitative estimate of drug-likeness (QED) is 0.823. The van der Waals surface area contributed by atoms with Crippen molar-refractivity contribution in [3.05, 3.63) is 18.2 Å². The molecule has 1 aliphatic carbocycles. The zero-order valence-corrected chi connectivity index (χ0v) is 12.4. The van der Waals surface area contributed by atoms with E-state index in [1.165, 1.54) is 31.4 Å². The number of hydrogen-bond acceptors (Lipinski definition) is 3. The van der Waals surface area contributed by atoms with E-state index in [-0.39, 0.29) is 6.10 Å². The highest BCUT2D eigenvalue weighted by atomic mass is 16.5. The first kappa shape index (κ1) is 14.0. The van der Waals surface area contributed by atoms with Crippen LogP contribution in [-0.4, -0.2) is 19.7 Å². The van der Waals surface area contributed by atoms with Gasteiger partial charge in [-0.05, 0) is 44.7 Å². The van der Waals surface area contributed by atoms with Gasteiger partial charge in [-0.3, -0.25) is 0 Å². The first-order valence-electron chi connectivity index (χ1n) is 7.33. The van der Waals surface area contributed by atoms with Crippen molar-refractivity contribution in [2.24, 2.45) is 5.92 Å². The summed E-state index contributed by atoms with van der Waals surface area (Å²) >= 11 is 0. The van der Waals surface area contributed by atoms with Gasteiger partial charge in [-0.2, -0.15) is 0 Å². The third kappa shape index (κ3) is 3.79. The monoisotopic (exact) mass is 262 g/mol. The van der Waals surface area contributed by atoms with Gasteiger partial charge in [0, 0.05) is 25.3 Å². The number of ether oxygens (including phenoxy) is 1. The van der Waals surface area contributed by atoms with E-state index in [9.17, 15) is 0 Å². The van der Waals surface area contributed by atoms with E-state index in [2.05, 4.69) is 24.1 Å². The van der Waals surface area contributed by atoms with Gasteiger partial charge in [0.15, 0.2) is 0 Å². The standard InChI is InChI=1S/C16H26N2O/c1-12(2)19-16-10-14(8-9-15(16)17)18(3)11-13-6-4-5-7-13/h8-10,12-13H,4-7,11,17H2,1-3H3. The van der Waals surface area contributed by atoms with Crippen molar-refractivity contribution in [3.63, 3.8) is 0 Å². The Morgan fingerprint density at radius 1 is 1.32 bits per heavy atom. The molecule has 0 saturated heterocycles. The Morgan fingerprint density at radius 2 is 2.00 bits per heavy atom. The van der Waals surface area contributed by atoms with Crippen molar-refractivity contribution in [2.45, 2.75) is 45.6 Å². The summed E-state index contributed by atoms with van der Waals surface area (Å²) in [7, 11) is 2.16. The fourth-order valence-electron chi connectivity index (χ4n) is 2.80. The number of benzene rings is 1. The molecule has 3 heteroatoms. The van der Waals surface area contributed by atoms with E-state index < -0.39 is 0 Å². The predicted octanol–water partition coefficient (Wildman–Crippen LogP) is 3.68. The van der Waals surface area contributed by atoms with Crippen LogP contribution in [-0.2, 0) is 0 Å². The van der Waals surface area contributed by atoms with E-state index in [1.807, 2.05) is 19.9 Å². The third-order valence-corrected chi connectivity index (χ3v) is 3.81. The molecule has 0 aromatic heterocycles. The summed E-state index contributed by atoms with van der Waals surface area (Å²) in [6.45, 7) is 5.17. The van der Waals surface area contributed by atoms with Crippen LogP contribution in [0.3, 0.4) is 0 Å². The van der Waals surface area contributed by atoms with Crippen molar-refractivity contribution in [1.82, 2.24) is 0 Å². The van der Waals surface area contributed by atoms with Gasteiger partial charge in [0.1, 0.15) is 5.75 Å². The van der Waals surface area contributed by atoms with Crippen LogP contribution in [0.1, 0.15) is 39.5 Å². The average molecular weight is 262 g/mol. The maximum absolute atomic E-state index is 5.96. The van der Waals surface area contributed by atoms with Gasteiger partial charge in [-0.15, -0.1) is 0 Å². The van der Waals surface area contributed by atoms with Gasteiger partial charge < -0.3 is 15.4 Å². The number of anilines is 2. The molecule has 0 bridgehead atoms. The minimum absolute atomic E-state index is 0.151. The molecule has 0 spiro atoms. The Balaban J connectivity index is 2.06. The second-order valence-corrected chi connectivity index (χ2v) is 5.92. The van der Waals surface area contributed by atoms with Crippen LogP contribution in [0.4, 0.5) is 11.4 Å². The molecule has 1 saturated carbocycles.